The highest BCUT2D eigenvalue weighted by Gasteiger charge is 2.39. The molecule has 0 aliphatic heterocycles. The summed E-state index contributed by atoms with van der Waals surface area (Å²) < 4.78 is 89.0. The molecular weight excluding hydrogens is 463 g/mol. The first-order chi connectivity index (χ1) is 14.4. The Morgan fingerprint density at radius 1 is 1.03 bits per heavy atom. The first-order valence-corrected chi connectivity index (χ1v) is 11.5. The van der Waals surface area contributed by atoms with Crippen molar-refractivity contribution >= 4 is 19.9 Å². The Bertz CT molecular complexity index is 1310. The Hall–Kier alpha value is -2.88. The molecule has 0 saturated heterocycles. The van der Waals surface area contributed by atoms with Crippen LogP contribution < -0.4 is 5.14 Å². The second-order valence-electron chi connectivity index (χ2n) is 6.21. The van der Waals surface area contributed by atoms with E-state index in [-0.39, 0.29) is 16.0 Å². The van der Waals surface area contributed by atoms with Crippen molar-refractivity contribution in [1.82, 2.24) is 20.6 Å². The molecule has 0 aliphatic rings. The summed E-state index contributed by atoms with van der Waals surface area (Å²) >= 11 is 0. The third-order valence-electron chi connectivity index (χ3n) is 4.20. The molecule has 3 rings (SSSR count). The van der Waals surface area contributed by atoms with Gasteiger partial charge >= 0.3 is 6.18 Å². The number of nitrogens with one attached hydrogen (secondary N) is 1. The van der Waals surface area contributed by atoms with Crippen molar-refractivity contribution < 1.29 is 35.1 Å². The van der Waals surface area contributed by atoms with Gasteiger partial charge in [0, 0.05) is 0 Å². The number of hydrogen-bond acceptors (Lipinski definition) is 8. The quantitative estimate of drug-likeness (QED) is 0.472. The number of aromatic amines is 1. The maximum Gasteiger partial charge on any atom is 0.417 e. The van der Waals surface area contributed by atoms with Crippen molar-refractivity contribution in [3.8, 4) is 22.5 Å². The van der Waals surface area contributed by atoms with E-state index in [9.17, 15) is 30.0 Å². The fraction of sp³-hybridized carbons (Fsp3) is 0.188. The molecule has 3 aromatic rings. The molecule has 0 amide bonds. The number of alkyl halides is 3. The van der Waals surface area contributed by atoms with Gasteiger partial charge in [0.2, 0.25) is 15.8 Å². The third-order valence-corrected chi connectivity index (χ3v) is 6.90. The lowest BCUT2D eigenvalue weighted by Gasteiger charge is -2.17. The molecule has 0 radical (unpaired) electrons. The number of aromatic nitrogens is 4. The minimum absolute atomic E-state index is 0.0514. The highest BCUT2D eigenvalue weighted by molar-refractivity contribution is 7.91. The van der Waals surface area contributed by atoms with Crippen LogP contribution in [-0.4, -0.2) is 54.9 Å². The van der Waals surface area contributed by atoms with Crippen molar-refractivity contribution in [3.63, 3.8) is 0 Å². The van der Waals surface area contributed by atoms with E-state index in [1.165, 1.54) is 24.3 Å². The van der Waals surface area contributed by atoms with Crippen molar-refractivity contribution in [2.24, 2.45) is 5.14 Å². The smallest absolute Gasteiger partial charge is 0.395 e. The lowest BCUT2D eigenvalue weighted by molar-refractivity contribution is -0.139. The van der Waals surface area contributed by atoms with Gasteiger partial charge in [-0.15, -0.1) is 10.2 Å². The lowest BCUT2D eigenvalue weighted by atomic mass is 9.96. The number of benzene rings is 2. The summed E-state index contributed by atoms with van der Waals surface area (Å²) in [4.78, 5) is -1.37. The molecule has 31 heavy (non-hydrogen) atoms. The number of nitrogens with zero attached hydrogens (tertiary/aromatic N) is 3. The molecule has 1 aromatic heterocycles. The Morgan fingerprint density at radius 2 is 1.68 bits per heavy atom. The summed E-state index contributed by atoms with van der Waals surface area (Å²) in [5.41, 5.74) is -1.94. The zero-order valence-electron chi connectivity index (χ0n) is 15.3. The Balaban J connectivity index is 2.32. The maximum absolute atomic E-state index is 13.5. The standard InChI is InChI=1S/C16H14F3N5O5S2/c17-16(18,19)12-6-5-11(9-1-3-10(4-2-9)30(26,27)8-7-25)13(14(12)31(20,28)29)15-21-23-24-22-15/h1-6,25H,7-8H2,(H2,20,28,29)(H,21,22,23,24). The number of aliphatic hydroxyl groups is 1. The second-order valence-corrected chi connectivity index (χ2v) is 9.82. The average molecular weight is 477 g/mol. The van der Waals surface area contributed by atoms with Crippen molar-refractivity contribution in [2.75, 3.05) is 12.4 Å². The van der Waals surface area contributed by atoms with Crippen LogP contribution in [0, 0.1) is 0 Å². The number of hydrogen-bond donors (Lipinski definition) is 3. The molecule has 0 bridgehead atoms. The van der Waals surface area contributed by atoms with Crippen LogP contribution in [0.1, 0.15) is 5.56 Å². The molecule has 2 aromatic carbocycles. The van der Waals surface area contributed by atoms with Crippen molar-refractivity contribution in [2.45, 2.75) is 16.0 Å². The van der Waals surface area contributed by atoms with Crippen molar-refractivity contribution in [3.05, 3.63) is 42.0 Å². The molecule has 166 valence electrons. The highest BCUT2D eigenvalue weighted by atomic mass is 32.2. The number of aliphatic hydroxyl groups excluding tert-OH is 1. The van der Waals surface area contributed by atoms with Gasteiger partial charge in [0.05, 0.1) is 28.4 Å². The van der Waals surface area contributed by atoms with E-state index >= 15 is 0 Å². The van der Waals surface area contributed by atoms with Gasteiger partial charge in [0.15, 0.2) is 9.84 Å². The first kappa shape index (κ1) is 22.8. The predicted octanol–water partition coefficient (Wildman–Crippen LogP) is 0.966. The van der Waals surface area contributed by atoms with E-state index in [0.29, 0.717) is 6.07 Å². The van der Waals surface area contributed by atoms with E-state index in [2.05, 4.69) is 20.6 Å². The number of tetrazole rings is 1. The van der Waals surface area contributed by atoms with E-state index in [1.54, 1.807) is 0 Å². The van der Waals surface area contributed by atoms with Crippen LogP contribution in [0.3, 0.4) is 0 Å². The number of primary sulfonamides is 1. The van der Waals surface area contributed by atoms with E-state index in [0.717, 1.165) is 6.07 Å². The zero-order chi connectivity index (χ0) is 23.0. The summed E-state index contributed by atoms with van der Waals surface area (Å²) in [6.45, 7) is -0.595. The summed E-state index contributed by atoms with van der Waals surface area (Å²) in [6, 6.07) is 6.44. The van der Waals surface area contributed by atoms with Gasteiger partial charge in [-0.25, -0.2) is 22.0 Å². The molecule has 1 heterocycles. The van der Waals surface area contributed by atoms with Crippen LogP contribution in [0.15, 0.2) is 46.2 Å². The maximum atomic E-state index is 13.5. The van der Waals surface area contributed by atoms with Crippen LogP contribution in [0.5, 0.6) is 0 Å². The fourth-order valence-corrected chi connectivity index (χ4v) is 4.91. The third kappa shape index (κ3) is 4.58. The van der Waals surface area contributed by atoms with Crippen molar-refractivity contribution in [1.29, 1.82) is 0 Å². The Morgan fingerprint density at radius 3 is 2.16 bits per heavy atom. The molecule has 0 aliphatic carbocycles. The van der Waals surface area contributed by atoms with Gasteiger partial charge < -0.3 is 5.11 Å². The highest BCUT2D eigenvalue weighted by Crippen LogP contribution is 2.42. The molecular formula is C16H14F3N5O5S2. The number of rotatable bonds is 6. The summed E-state index contributed by atoms with van der Waals surface area (Å²) in [7, 11) is -8.68. The second kappa shape index (κ2) is 7.99. The summed E-state index contributed by atoms with van der Waals surface area (Å²) in [5, 5.41) is 26.5. The SMILES string of the molecule is NS(=O)(=O)c1c(C(F)(F)F)ccc(-c2ccc(S(=O)(=O)CCO)cc2)c1-c1nn[nH]n1. The minimum atomic E-state index is -5.05. The normalized spacial score (nSPS) is 12.8. The van der Waals surface area contributed by atoms with Gasteiger partial charge in [-0.2, -0.15) is 18.4 Å². The molecule has 0 atom stereocenters. The molecule has 0 fully saturated rings. The van der Waals surface area contributed by atoms with Gasteiger partial charge in [-0.05, 0) is 34.5 Å². The predicted molar refractivity (Wildman–Crippen MR) is 101 cm³/mol. The number of sulfone groups is 1. The Kier molecular flexibility index (Phi) is 5.88. The number of sulfonamides is 1. The lowest BCUT2D eigenvalue weighted by Crippen LogP contribution is -2.21. The van der Waals surface area contributed by atoms with Gasteiger partial charge in [-0.1, -0.05) is 18.2 Å². The average Bonchev–Trinajstić information content (AvgIpc) is 3.20. The van der Waals surface area contributed by atoms with Crippen LogP contribution in [-0.2, 0) is 26.0 Å². The Labute approximate surface area is 173 Å². The monoisotopic (exact) mass is 477 g/mol. The molecule has 0 saturated carbocycles. The van der Waals surface area contributed by atoms with E-state index in [4.69, 9.17) is 10.2 Å². The fourth-order valence-electron chi connectivity index (χ4n) is 2.91. The van der Waals surface area contributed by atoms with Crippen LogP contribution in [0.4, 0.5) is 13.2 Å². The van der Waals surface area contributed by atoms with Crippen LogP contribution >= 0.6 is 0 Å². The first-order valence-electron chi connectivity index (χ1n) is 8.31. The van der Waals surface area contributed by atoms with E-state index in [1.807, 2.05) is 0 Å². The molecule has 10 nitrogen and oxygen atoms in total. The van der Waals surface area contributed by atoms with E-state index < -0.39 is 60.2 Å². The summed E-state index contributed by atoms with van der Waals surface area (Å²) in [6.07, 6.45) is -5.05. The van der Waals surface area contributed by atoms with Crippen LogP contribution in [0.25, 0.3) is 22.5 Å². The molecule has 0 spiro atoms. The molecule has 15 heteroatoms. The minimum Gasteiger partial charge on any atom is -0.395 e. The van der Waals surface area contributed by atoms with Gasteiger partial charge in [-0.3, -0.25) is 0 Å². The van der Waals surface area contributed by atoms with Gasteiger partial charge in [0.25, 0.3) is 0 Å². The zero-order valence-corrected chi connectivity index (χ0v) is 17.0. The number of nitrogens with two attached hydrogens (primary N) is 1. The number of H-pyrrole nitrogens is 1. The van der Waals surface area contributed by atoms with Crippen LogP contribution in [0.2, 0.25) is 0 Å². The molecule has 0 unspecified atom stereocenters. The topological polar surface area (TPSA) is 169 Å². The largest absolute Gasteiger partial charge is 0.417 e. The number of halogens is 3. The van der Waals surface area contributed by atoms with Gasteiger partial charge in [0.1, 0.15) is 4.90 Å². The summed E-state index contributed by atoms with van der Waals surface area (Å²) in [5.74, 6) is -0.974. The molecule has 4 N–H and O–H groups in total.